The molecule has 0 aromatic heterocycles. The van der Waals surface area contributed by atoms with Crippen LogP contribution in [0.1, 0.15) is 17.5 Å². The van der Waals surface area contributed by atoms with E-state index >= 15 is 0 Å². The van der Waals surface area contributed by atoms with Gasteiger partial charge >= 0.3 is 0 Å². The van der Waals surface area contributed by atoms with Gasteiger partial charge in [0.15, 0.2) is 0 Å². The van der Waals surface area contributed by atoms with E-state index in [4.69, 9.17) is 10.3 Å². The number of nitrogens with zero attached hydrogens (tertiary/aromatic N) is 3. The second-order valence-electron chi connectivity index (χ2n) is 3.35. The zero-order chi connectivity index (χ0) is 11.1. The molecule has 1 aromatic rings. The van der Waals surface area contributed by atoms with Crippen LogP contribution in [-0.2, 0) is 0 Å². The molecule has 0 unspecified atom stereocenters. The minimum Gasteiger partial charge on any atom is -0.493 e. The first-order chi connectivity index (χ1) is 7.25. The van der Waals surface area contributed by atoms with Crippen LogP contribution in [0.2, 0.25) is 0 Å². The van der Waals surface area contributed by atoms with Gasteiger partial charge in [-0.15, -0.1) is 0 Å². The molecule has 0 radical (unpaired) electrons. The molecule has 80 valence electrons. The molecule has 4 heteroatoms. The van der Waals surface area contributed by atoms with Crippen LogP contribution < -0.4 is 4.74 Å². The maximum atomic E-state index is 8.08. The SMILES string of the molecule is Cc1cccc(OCCCN=[N+]=[N-])c1C. The van der Waals surface area contributed by atoms with Crippen LogP contribution in [0.4, 0.5) is 0 Å². The van der Waals surface area contributed by atoms with E-state index in [-0.39, 0.29) is 0 Å². The van der Waals surface area contributed by atoms with Crippen molar-refractivity contribution in [1.29, 1.82) is 0 Å². The fourth-order valence-electron chi connectivity index (χ4n) is 1.24. The quantitative estimate of drug-likeness (QED) is 0.314. The third-order valence-corrected chi connectivity index (χ3v) is 2.28. The molecule has 4 nitrogen and oxygen atoms in total. The minimum atomic E-state index is 0.487. The van der Waals surface area contributed by atoms with E-state index in [1.165, 1.54) is 11.1 Å². The molecule has 0 bridgehead atoms. The highest BCUT2D eigenvalue weighted by Crippen LogP contribution is 2.20. The van der Waals surface area contributed by atoms with Gasteiger partial charge in [-0.05, 0) is 43.0 Å². The molecular weight excluding hydrogens is 190 g/mol. The topological polar surface area (TPSA) is 58.0 Å². The summed E-state index contributed by atoms with van der Waals surface area (Å²) < 4.78 is 5.58. The molecule has 0 aliphatic rings. The van der Waals surface area contributed by atoms with Gasteiger partial charge in [0.25, 0.3) is 0 Å². The third kappa shape index (κ3) is 3.52. The Kier molecular flexibility index (Phi) is 4.51. The van der Waals surface area contributed by atoms with E-state index in [1.54, 1.807) is 0 Å². The van der Waals surface area contributed by atoms with E-state index in [1.807, 2.05) is 19.1 Å². The van der Waals surface area contributed by atoms with E-state index in [0.29, 0.717) is 13.2 Å². The number of hydrogen-bond donors (Lipinski definition) is 0. The average Bonchev–Trinajstić information content (AvgIpc) is 2.24. The van der Waals surface area contributed by atoms with E-state index < -0.39 is 0 Å². The Morgan fingerprint density at radius 2 is 2.20 bits per heavy atom. The van der Waals surface area contributed by atoms with Crippen molar-refractivity contribution in [3.63, 3.8) is 0 Å². The van der Waals surface area contributed by atoms with Gasteiger partial charge in [-0.3, -0.25) is 0 Å². The third-order valence-electron chi connectivity index (χ3n) is 2.28. The van der Waals surface area contributed by atoms with Crippen molar-refractivity contribution in [2.45, 2.75) is 20.3 Å². The van der Waals surface area contributed by atoms with Gasteiger partial charge in [-0.1, -0.05) is 17.2 Å². The highest BCUT2D eigenvalue weighted by molar-refractivity contribution is 5.38. The van der Waals surface area contributed by atoms with Crippen LogP contribution in [0.5, 0.6) is 5.75 Å². The van der Waals surface area contributed by atoms with Crippen LogP contribution in [0.25, 0.3) is 10.4 Å². The van der Waals surface area contributed by atoms with Crippen molar-refractivity contribution in [3.05, 3.63) is 39.8 Å². The van der Waals surface area contributed by atoms with Crippen LogP contribution in [-0.4, -0.2) is 13.2 Å². The number of azide groups is 1. The predicted octanol–water partition coefficient (Wildman–Crippen LogP) is 3.38. The molecule has 0 amide bonds. The highest BCUT2D eigenvalue weighted by Gasteiger charge is 2.00. The second kappa shape index (κ2) is 5.94. The maximum absolute atomic E-state index is 8.08. The summed E-state index contributed by atoms with van der Waals surface area (Å²) >= 11 is 0. The lowest BCUT2D eigenvalue weighted by atomic mass is 10.1. The molecule has 0 aliphatic carbocycles. The molecule has 0 aliphatic heterocycles. The summed E-state index contributed by atoms with van der Waals surface area (Å²) in [6, 6.07) is 5.99. The van der Waals surface area contributed by atoms with E-state index in [0.717, 1.165) is 12.2 Å². The first-order valence-corrected chi connectivity index (χ1v) is 4.95. The first kappa shape index (κ1) is 11.4. The Morgan fingerprint density at radius 1 is 1.40 bits per heavy atom. The molecule has 0 heterocycles. The molecule has 0 atom stereocenters. The van der Waals surface area contributed by atoms with Crippen LogP contribution in [0.3, 0.4) is 0 Å². The summed E-state index contributed by atoms with van der Waals surface area (Å²) in [6.45, 7) is 5.17. The molecular formula is C11H15N3O. The molecule has 0 saturated heterocycles. The Morgan fingerprint density at radius 3 is 2.93 bits per heavy atom. The molecule has 0 saturated carbocycles. The van der Waals surface area contributed by atoms with Crippen LogP contribution in [0.15, 0.2) is 23.3 Å². The summed E-state index contributed by atoms with van der Waals surface area (Å²) in [5.74, 6) is 0.913. The van der Waals surface area contributed by atoms with Crippen molar-refractivity contribution >= 4 is 0 Å². The summed E-state index contributed by atoms with van der Waals surface area (Å²) in [5, 5.41) is 3.44. The number of hydrogen-bond acceptors (Lipinski definition) is 2. The highest BCUT2D eigenvalue weighted by atomic mass is 16.5. The lowest BCUT2D eigenvalue weighted by Crippen LogP contribution is -2.00. The Hall–Kier alpha value is -1.67. The zero-order valence-corrected chi connectivity index (χ0v) is 9.10. The molecule has 15 heavy (non-hydrogen) atoms. The Labute approximate surface area is 89.5 Å². The molecule has 0 fully saturated rings. The Balaban J connectivity index is 2.44. The molecule has 0 spiro atoms. The monoisotopic (exact) mass is 205 g/mol. The first-order valence-electron chi connectivity index (χ1n) is 4.95. The molecule has 0 N–H and O–H groups in total. The Bertz CT molecular complexity index is 370. The van der Waals surface area contributed by atoms with Crippen LogP contribution in [0, 0.1) is 13.8 Å². The van der Waals surface area contributed by atoms with Gasteiger partial charge in [0.1, 0.15) is 5.75 Å². The van der Waals surface area contributed by atoms with E-state index in [9.17, 15) is 0 Å². The van der Waals surface area contributed by atoms with Gasteiger partial charge in [0, 0.05) is 11.5 Å². The van der Waals surface area contributed by atoms with Gasteiger partial charge in [-0.25, -0.2) is 0 Å². The fraction of sp³-hybridized carbons (Fsp3) is 0.455. The second-order valence-corrected chi connectivity index (χ2v) is 3.35. The summed E-state index contributed by atoms with van der Waals surface area (Å²) in [5.41, 5.74) is 10.5. The smallest absolute Gasteiger partial charge is 0.122 e. The van der Waals surface area contributed by atoms with Crippen molar-refractivity contribution in [2.24, 2.45) is 5.11 Å². The van der Waals surface area contributed by atoms with Crippen LogP contribution >= 0.6 is 0 Å². The van der Waals surface area contributed by atoms with E-state index in [2.05, 4.69) is 23.0 Å². The van der Waals surface area contributed by atoms with Crippen molar-refractivity contribution in [1.82, 2.24) is 0 Å². The van der Waals surface area contributed by atoms with Crippen molar-refractivity contribution in [3.8, 4) is 5.75 Å². The van der Waals surface area contributed by atoms with Crippen molar-refractivity contribution < 1.29 is 4.74 Å². The predicted molar refractivity (Wildman–Crippen MR) is 60.0 cm³/mol. The zero-order valence-electron chi connectivity index (χ0n) is 9.10. The maximum Gasteiger partial charge on any atom is 0.122 e. The van der Waals surface area contributed by atoms with Gasteiger partial charge in [0.2, 0.25) is 0 Å². The lowest BCUT2D eigenvalue weighted by molar-refractivity contribution is 0.311. The normalized spacial score (nSPS) is 9.47. The molecule has 1 rings (SSSR count). The lowest BCUT2D eigenvalue weighted by Gasteiger charge is -2.09. The number of ether oxygens (including phenoxy) is 1. The number of rotatable bonds is 5. The summed E-state index contributed by atoms with van der Waals surface area (Å²) in [7, 11) is 0. The largest absolute Gasteiger partial charge is 0.493 e. The van der Waals surface area contributed by atoms with Crippen molar-refractivity contribution in [2.75, 3.05) is 13.2 Å². The minimum absolute atomic E-state index is 0.487. The fourth-order valence-corrected chi connectivity index (χ4v) is 1.24. The average molecular weight is 205 g/mol. The van der Waals surface area contributed by atoms with Gasteiger partial charge < -0.3 is 4.74 Å². The summed E-state index contributed by atoms with van der Waals surface area (Å²) in [6.07, 6.45) is 0.747. The number of benzene rings is 1. The van der Waals surface area contributed by atoms with Gasteiger partial charge in [0.05, 0.1) is 6.61 Å². The standard InChI is InChI=1S/C11H15N3O/c1-9-5-3-6-11(10(9)2)15-8-4-7-13-14-12/h3,5-6H,4,7-8H2,1-2H3. The van der Waals surface area contributed by atoms with Gasteiger partial charge in [-0.2, -0.15) is 0 Å². The number of aryl methyl sites for hydroxylation is 1. The molecule has 1 aromatic carbocycles. The summed E-state index contributed by atoms with van der Waals surface area (Å²) in [4.78, 5) is 2.68.